The maximum absolute atomic E-state index is 14.5. The summed E-state index contributed by atoms with van der Waals surface area (Å²) >= 11 is 0. The average molecular weight is 515 g/mol. The minimum absolute atomic E-state index is 0.166. The van der Waals surface area contributed by atoms with E-state index in [1.807, 2.05) is 59.5 Å². The zero-order chi connectivity index (χ0) is 26.8. The van der Waals surface area contributed by atoms with Gasteiger partial charge >= 0.3 is 6.03 Å². The standard InChI is InChI=1S/C34H34N4O/c1-24-16-21-31-32(22-24)38(29-19-17-28(35)18-20-29)34(39)37(36-33(31)26-12-6-3-7-13-26)23-27-14-8-9-15-30(27)25-10-4-2-5-11-25/h2,4-5,8-11,14-22,26H,3,6-7,12-13,23,35H2,1H3. The first-order valence-electron chi connectivity index (χ1n) is 13.9. The molecule has 0 saturated heterocycles. The minimum Gasteiger partial charge on any atom is -0.399 e. The van der Waals surface area contributed by atoms with Crippen LogP contribution in [0.1, 0.15) is 48.8 Å². The van der Waals surface area contributed by atoms with Gasteiger partial charge < -0.3 is 5.73 Å². The third-order valence-electron chi connectivity index (χ3n) is 7.88. The van der Waals surface area contributed by atoms with Gasteiger partial charge in [0.15, 0.2) is 0 Å². The van der Waals surface area contributed by atoms with E-state index in [9.17, 15) is 4.79 Å². The number of anilines is 3. The van der Waals surface area contributed by atoms with Gasteiger partial charge in [0.25, 0.3) is 0 Å². The van der Waals surface area contributed by atoms with Gasteiger partial charge in [0.05, 0.1) is 23.6 Å². The lowest BCUT2D eigenvalue weighted by Crippen LogP contribution is -2.37. The van der Waals surface area contributed by atoms with Gasteiger partial charge in [-0.3, -0.25) is 4.90 Å². The number of carbonyl (C=O) groups excluding carboxylic acids is 1. The topological polar surface area (TPSA) is 61.9 Å². The molecule has 0 atom stereocenters. The molecular weight excluding hydrogens is 480 g/mol. The van der Waals surface area contributed by atoms with Crippen LogP contribution in [0.5, 0.6) is 0 Å². The van der Waals surface area contributed by atoms with Crippen LogP contribution in [0.3, 0.4) is 0 Å². The number of aryl methyl sites for hydroxylation is 1. The zero-order valence-corrected chi connectivity index (χ0v) is 22.4. The van der Waals surface area contributed by atoms with E-state index in [1.165, 1.54) is 19.3 Å². The van der Waals surface area contributed by atoms with Crippen molar-refractivity contribution in [3.8, 4) is 11.1 Å². The molecule has 5 heteroatoms. The number of hydrogen-bond donors (Lipinski definition) is 1. The third kappa shape index (κ3) is 5.05. The molecule has 2 aliphatic rings. The number of nitrogen functional groups attached to an aromatic ring is 1. The number of amides is 2. The van der Waals surface area contributed by atoms with E-state index < -0.39 is 0 Å². The molecule has 1 aliphatic heterocycles. The Morgan fingerprint density at radius 1 is 0.821 bits per heavy atom. The number of benzene rings is 4. The van der Waals surface area contributed by atoms with Gasteiger partial charge in [-0.05, 0) is 72.4 Å². The van der Waals surface area contributed by atoms with E-state index in [2.05, 4.69) is 49.4 Å². The van der Waals surface area contributed by atoms with Crippen LogP contribution in [0, 0.1) is 12.8 Å². The van der Waals surface area contributed by atoms with Crippen molar-refractivity contribution in [3.63, 3.8) is 0 Å². The molecule has 0 aromatic heterocycles. The van der Waals surface area contributed by atoms with Gasteiger partial charge in [0, 0.05) is 17.2 Å². The maximum Gasteiger partial charge on any atom is 0.349 e. The number of carbonyl (C=O) groups is 1. The summed E-state index contributed by atoms with van der Waals surface area (Å²) in [6.45, 7) is 2.45. The molecule has 0 radical (unpaired) electrons. The van der Waals surface area contributed by atoms with Crippen LogP contribution in [0.4, 0.5) is 21.9 Å². The number of nitrogens with zero attached hydrogens (tertiary/aromatic N) is 3. The van der Waals surface area contributed by atoms with Crippen LogP contribution in [0.2, 0.25) is 0 Å². The summed E-state index contributed by atoms with van der Waals surface area (Å²) in [5.41, 5.74) is 14.8. The molecule has 5 nitrogen and oxygen atoms in total. The van der Waals surface area contributed by atoms with E-state index in [4.69, 9.17) is 10.8 Å². The van der Waals surface area contributed by atoms with Crippen LogP contribution in [-0.4, -0.2) is 16.8 Å². The molecule has 196 valence electrons. The second kappa shape index (κ2) is 10.8. The van der Waals surface area contributed by atoms with Gasteiger partial charge in [-0.1, -0.05) is 86.0 Å². The van der Waals surface area contributed by atoms with Crippen LogP contribution >= 0.6 is 0 Å². The fourth-order valence-corrected chi connectivity index (χ4v) is 5.86. The lowest BCUT2D eigenvalue weighted by atomic mass is 9.82. The summed E-state index contributed by atoms with van der Waals surface area (Å²) in [7, 11) is 0. The number of hydrogen-bond acceptors (Lipinski definition) is 3. The largest absolute Gasteiger partial charge is 0.399 e. The fraction of sp³-hybridized carbons (Fsp3) is 0.235. The van der Waals surface area contributed by atoms with Gasteiger partial charge in [-0.15, -0.1) is 0 Å². The van der Waals surface area contributed by atoms with Crippen molar-refractivity contribution in [2.24, 2.45) is 11.0 Å². The zero-order valence-electron chi connectivity index (χ0n) is 22.4. The summed E-state index contributed by atoms with van der Waals surface area (Å²) < 4.78 is 0. The fourth-order valence-electron chi connectivity index (χ4n) is 5.86. The molecule has 6 rings (SSSR count). The van der Waals surface area contributed by atoms with Crippen LogP contribution in [-0.2, 0) is 6.54 Å². The number of nitrogens with two attached hydrogens (primary N) is 1. The van der Waals surface area contributed by atoms with Gasteiger partial charge in [0.1, 0.15) is 0 Å². The Morgan fingerprint density at radius 2 is 1.54 bits per heavy atom. The molecule has 0 unspecified atom stereocenters. The number of rotatable bonds is 5. The monoisotopic (exact) mass is 514 g/mol. The van der Waals surface area contributed by atoms with E-state index in [0.29, 0.717) is 18.2 Å². The van der Waals surface area contributed by atoms with Crippen molar-refractivity contribution in [1.82, 2.24) is 5.01 Å². The van der Waals surface area contributed by atoms with E-state index >= 15 is 0 Å². The van der Waals surface area contributed by atoms with Gasteiger partial charge in [0.2, 0.25) is 0 Å². The number of fused-ring (bicyclic) bond motifs is 1. The first-order valence-corrected chi connectivity index (χ1v) is 13.9. The molecule has 0 spiro atoms. The molecule has 1 aliphatic carbocycles. The summed E-state index contributed by atoms with van der Waals surface area (Å²) in [6.07, 6.45) is 5.83. The molecule has 4 aromatic rings. The molecule has 1 heterocycles. The van der Waals surface area contributed by atoms with E-state index in [-0.39, 0.29) is 6.03 Å². The van der Waals surface area contributed by atoms with Crippen molar-refractivity contribution in [2.75, 3.05) is 10.6 Å². The Morgan fingerprint density at radius 3 is 2.31 bits per heavy atom. The second-order valence-electron chi connectivity index (χ2n) is 10.6. The second-order valence-corrected chi connectivity index (χ2v) is 10.6. The highest BCUT2D eigenvalue weighted by Crippen LogP contribution is 2.39. The lowest BCUT2D eigenvalue weighted by Gasteiger charge is -2.27. The lowest BCUT2D eigenvalue weighted by molar-refractivity contribution is 0.207. The van der Waals surface area contributed by atoms with Gasteiger partial charge in [-0.2, -0.15) is 5.10 Å². The summed E-state index contributed by atoms with van der Waals surface area (Å²) in [4.78, 5) is 16.3. The van der Waals surface area contributed by atoms with Crippen LogP contribution < -0.4 is 10.6 Å². The van der Waals surface area contributed by atoms with Crippen molar-refractivity contribution >= 4 is 28.8 Å². The molecule has 0 bridgehead atoms. The maximum atomic E-state index is 14.5. The quantitative estimate of drug-likeness (QED) is 0.272. The van der Waals surface area contributed by atoms with Crippen LogP contribution in [0.25, 0.3) is 11.1 Å². The molecule has 2 N–H and O–H groups in total. The summed E-state index contributed by atoms with van der Waals surface area (Å²) in [5.74, 6) is 0.325. The highest BCUT2D eigenvalue weighted by molar-refractivity contribution is 6.14. The summed E-state index contributed by atoms with van der Waals surface area (Å²) in [6, 6.07) is 32.4. The normalized spacial score (nSPS) is 16.0. The van der Waals surface area contributed by atoms with Crippen LogP contribution in [0.15, 0.2) is 102 Å². The third-order valence-corrected chi connectivity index (χ3v) is 7.88. The predicted octanol–water partition coefficient (Wildman–Crippen LogP) is 8.30. The van der Waals surface area contributed by atoms with Gasteiger partial charge in [-0.25, -0.2) is 9.80 Å². The van der Waals surface area contributed by atoms with Crippen molar-refractivity contribution < 1.29 is 4.79 Å². The smallest absolute Gasteiger partial charge is 0.349 e. The predicted molar refractivity (Wildman–Crippen MR) is 160 cm³/mol. The average Bonchev–Trinajstić information content (AvgIpc) is 3.09. The molecular formula is C34H34N4O. The van der Waals surface area contributed by atoms with Crippen molar-refractivity contribution in [3.05, 3.63) is 114 Å². The van der Waals surface area contributed by atoms with Crippen molar-refractivity contribution in [2.45, 2.75) is 45.6 Å². The van der Waals surface area contributed by atoms with E-state index in [0.717, 1.165) is 57.7 Å². The highest BCUT2D eigenvalue weighted by Gasteiger charge is 2.34. The Balaban J connectivity index is 1.50. The number of hydrazone groups is 1. The van der Waals surface area contributed by atoms with Crippen molar-refractivity contribution in [1.29, 1.82) is 0 Å². The molecule has 1 fully saturated rings. The molecule has 39 heavy (non-hydrogen) atoms. The Kier molecular flexibility index (Phi) is 6.89. The summed E-state index contributed by atoms with van der Waals surface area (Å²) in [5, 5.41) is 6.89. The first kappa shape index (κ1) is 24.9. The number of urea groups is 1. The Labute approximate surface area is 230 Å². The Bertz CT molecular complexity index is 1500. The van der Waals surface area contributed by atoms with E-state index in [1.54, 1.807) is 5.01 Å². The minimum atomic E-state index is -0.166. The first-order chi connectivity index (χ1) is 19.1. The molecule has 2 amide bonds. The molecule has 4 aromatic carbocycles. The Hall–Kier alpha value is -4.38. The SMILES string of the molecule is Cc1ccc2c(c1)N(c1ccc(N)cc1)C(=O)N(Cc1ccccc1-c1ccccc1)N=C2C1CCCCC1. The molecule has 1 saturated carbocycles. The highest BCUT2D eigenvalue weighted by atomic mass is 16.2.